The first-order chi connectivity index (χ1) is 9.80. The van der Waals surface area contributed by atoms with Crippen LogP contribution < -0.4 is 15.4 Å². The largest absolute Gasteiger partial charge is 0.490 e. The maximum absolute atomic E-state index is 5.48. The van der Waals surface area contributed by atoms with Crippen LogP contribution in [0.5, 0.6) is 5.75 Å². The molecule has 0 radical (unpaired) electrons. The van der Waals surface area contributed by atoms with Gasteiger partial charge in [-0.15, -0.1) is 0 Å². The molecule has 6 heteroatoms. The summed E-state index contributed by atoms with van der Waals surface area (Å²) in [5.74, 6) is 2.26. The summed E-state index contributed by atoms with van der Waals surface area (Å²) in [6.45, 7) is 2.85. The third kappa shape index (κ3) is 3.48. The van der Waals surface area contributed by atoms with E-state index in [0.717, 1.165) is 18.2 Å². The van der Waals surface area contributed by atoms with E-state index in [1.807, 2.05) is 18.7 Å². The first kappa shape index (κ1) is 15.2. The van der Waals surface area contributed by atoms with Gasteiger partial charge in [-0.25, -0.2) is 9.97 Å². The van der Waals surface area contributed by atoms with Crippen molar-refractivity contribution in [1.29, 1.82) is 0 Å². The molecule has 1 heterocycles. The van der Waals surface area contributed by atoms with Gasteiger partial charge in [0.05, 0.1) is 7.11 Å². The van der Waals surface area contributed by atoms with Crippen LogP contribution in [0.3, 0.4) is 0 Å². The summed E-state index contributed by atoms with van der Waals surface area (Å²) in [5, 5.41) is 7.42. The summed E-state index contributed by atoms with van der Waals surface area (Å²) in [6, 6.07) is 0.456. The Bertz CT molecular complexity index is 430. The second kappa shape index (κ2) is 7.57. The summed E-state index contributed by atoms with van der Waals surface area (Å²) in [6.07, 6.45) is 8.84. The number of hydrogen-bond acceptors (Lipinski definition) is 6. The molecule has 1 aliphatic rings. The van der Waals surface area contributed by atoms with Crippen molar-refractivity contribution in [2.45, 2.75) is 43.9 Å². The van der Waals surface area contributed by atoms with Crippen LogP contribution in [-0.2, 0) is 0 Å². The number of nitrogens with zero attached hydrogens (tertiary/aromatic N) is 2. The Balaban J connectivity index is 2.17. The van der Waals surface area contributed by atoms with Gasteiger partial charge in [-0.05, 0) is 26.0 Å². The molecule has 1 aliphatic carbocycles. The van der Waals surface area contributed by atoms with Crippen molar-refractivity contribution < 1.29 is 4.74 Å². The summed E-state index contributed by atoms with van der Waals surface area (Å²) >= 11 is 1.94. The maximum Gasteiger partial charge on any atom is 0.204 e. The molecule has 5 nitrogen and oxygen atoms in total. The van der Waals surface area contributed by atoms with Crippen molar-refractivity contribution in [3.8, 4) is 5.75 Å². The van der Waals surface area contributed by atoms with E-state index >= 15 is 0 Å². The molecule has 1 saturated carbocycles. The molecule has 2 atom stereocenters. The molecule has 0 aliphatic heterocycles. The van der Waals surface area contributed by atoms with Gasteiger partial charge in [0.25, 0.3) is 0 Å². The van der Waals surface area contributed by atoms with Crippen molar-refractivity contribution in [3.05, 3.63) is 6.33 Å². The highest BCUT2D eigenvalue weighted by molar-refractivity contribution is 7.99. The van der Waals surface area contributed by atoms with Gasteiger partial charge < -0.3 is 15.4 Å². The fourth-order valence-electron chi connectivity index (χ4n) is 2.68. The molecule has 2 N–H and O–H groups in total. The molecule has 1 aromatic heterocycles. The minimum atomic E-state index is 0.456. The van der Waals surface area contributed by atoms with E-state index in [0.29, 0.717) is 17.0 Å². The molecule has 0 bridgehead atoms. The maximum atomic E-state index is 5.48. The molecule has 112 valence electrons. The lowest BCUT2D eigenvalue weighted by Gasteiger charge is -2.31. The van der Waals surface area contributed by atoms with Crippen LogP contribution >= 0.6 is 11.8 Å². The van der Waals surface area contributed by atoms with E-state index in [-0.39, 0.29) is 0 Å². The van der Waals surface area contributed by atoms with Gasteiger partial charge in [0.1, 0.15) is 6.33 Å². The Morgan fingerprint density at radius 2 is 2.05 bits per heavy atom. The third-order valence-electron chi connectivity index (χ3n) is 3.68. The zero-order valence-corrected chi connectivity index (χ0v) is 13.3. The van der Waals surface area contributed by atoms with Crippen molar-refractivity contribution in [1.82, 2.24) is 9.97 Å². The quantitative estimate of drug-likeness (QED) is 0.841. The van der Waals surface area contributed by atoms with Gasteiger partial charge in [0.2, 0.25) is 5.75 Å². The Morgan fingerprint density at radius 3 is 2.75 bits per heavy atom. The number of methoxy groups -OCH3 is 1. The Morgan fingerprint density at radius 1 is 1.30 bits per heavy atom. The molecule has 0 spiro atoms. The second-order valence-corrected chi connectivity index (χ2v) is 6.02. The zero-order chi connectivity index (χ0) is 14.4. The SMILES string of the molecule is CCNc1ncnc(NC2CCCCC2SC)c1OC. The van der Waals surface area contributed by atoms with Gasteiger partial charge in [0.15, 0.2) is 11.6 Å². The van der Waals surface area contributed by atoms with E-state index in [1.54, 1.807) is 13.4 Å². The lowest BCUT2D eigenvalue weighted by Crippen LogP contribution is -2.34. The lowest BCUT2D eigenvalue weighted by molar-refractivity contribution is 0.411. The monoisotopic (exact) mass is 296 g/mol. The topological polar surface area (TPSA) is 59.1 Å². The van der Waals surface area contributed by atoms with Gasteiger partial charge in [-0.3, -0.25) is 0 Å². The van der Waals surface area contributed by atoms with E-state index in [9.17, 15) is 0 Å². The minimum absolute atomic E-state index is 0.456. The van der Waals surface area contributed by atoms with E-state index < -0.39 is 0 Å². The molecule has 0 aromatic carbocycles. The standard InChI is InChI=1S/C14H24N4OS/c1-4-15-13-12(19-2)14(17-9-16-13)18-10-7-5-6-8-11(10)20-3/h9-11H,4-8H2,1-3H3,(H2,15,16,17,18). The van der Waals surface area contributed by atoms with E-state index in [4.69, 9.17) is 4.74 Å². The van der Waals surface area contributed by atoms with Crippen molar-refractivity contribution in [2.75, 3.05) is 30.5 Å². The predicted octanol–water partition coefficient (Wildman–Crippen LogP) is 3.00. The van der Waals surface area contributed by atoms with Gasteiger partial charge in [-0.1, -0.05) is 12.8 Å². The Kier molecular flexibility index (Phi) is 5.76. The molecular weight excluding hydrogens is 272 g/mol. The average molecular weight is 296 g/mol. The lowest BCUT2D eigenvalue weighted by atomic mass is 9.95. The summed E-state index contributed by atoms with van der Waals surface area (Å²) in [5.41, 5.74) is 0. The highest BCUT2D eigenvalue weighted by Gasteiger charge is 2.26. The zero-order valence-electron chi connectivity index (χ0n) is 12.5. The number of nitrogens with one attached hydrogen (secondary N) is 2. The molecular formula is C14H24N4OS. The molecule has 1 aromatic rings. The fourth-order valence-corrected chi connectivity index (χ4v) is 3.62. The second-order valence-electron chi connectivity index (χ2n) is 4.94. The summed E-state index contributed by atoms with van der Waals surface area (Å²) in [7, 11) is 1.66. The van der Waals surface area contributed by atoms with Crippen LogP contribution in [0, 0.1) is 0 Å². The van der Waals surface area contributed by atoms with Gasteiger partial charge >= 0.3 is 0 Å². The molecule has 20 heavy (non-hydrogen) atoms. The van der Waals surface area contributed by atoms with Crippen LogP contribution in [0.15, 0.2) is 6.33 Å². The molecule has 0 saturated heterocycles. The number of anilines is 2. The number of hydrogen-bond donors (Lipinski definition) is 2. The Labute approximate surface area is 125 Å². The highest BCUT2D eigenvalue weighted by Crippen LogP contribution is 2.34. The molecule has 0 amide bonds. The Hall–Kier alpha value is -1.17. The summed E-state index contributed by atoms with van der Waals surface area (Å²) < 4.78 is 5.48. The number of rotatable bonds is 6. The number of ether oxygens (including phenoxy) is 1. The van der Waals surface area contributed by atoms with Gasteiger partial charge in [-0.2, -0.15) is 11.8 Å². The van der Waals surface area contributed by atoms with Crippen LogP contribution in [0.1, 0.15) is 32.6 Å². The van der Waals surface area contributed by atoms with Crippen LogP contribution in [-0.4, -0.2) is 41.2 Å². The van der Waals surface area contributed by atoms with Crippen molar-refractivity contribution >= 4 is 23.4 Å². The number of thioether (sulfide) groups is 1. The van der Waals surface area contributed by atoms with E-state index in [1.165, 1.54) is 25.7 Å². The molecule has 2 rings (SSSR count). The number of aromatic nitrogens is 2. The van der Waals surface area contributed by atoms with Crippen LogP contribution in [0.2, 0.25) is 0 Å². The fraction of sp³-hybridized carbons (Fsp3) is 0.714. The van der Waals surface area contributed by atoms with Crippen LogP contribution in [0.4, 0.5) is 11.6 Å². The van der Waals surface area contributed by atoms with Gasteiger partial charge in [0, 0.05) is 17.8 Å². The van der Waals surface area contributed by atoms with Crippen molar-refractivity contribution in [2.24, 2.45) is 0 Å². The van der Waals surface area contributed by atoms with Crippen LogP contribution in [0.25, 0.3) is 0 Å². The molecule has 2 unspecified atom stereocenters. The van der Waals surface area contributed by atoms with E-state index in [2.05, 4.69) is 26.9 Å². The first-order valence-corrected chi connectivity index (χ1v) is 8.51. The minimum Gasteiger partial charge on any atom is -0.490 e. The smallest absolute Gasteiger partial charge is 0.204 e. The predicted molar refractivity (Wildman–Crippen MR) is 85.9 cm³/mol. The first-order valence-electron chi connectivity index (χ1n) is 7.22. The highest BCUT2D eigenvalue weighted by atomic mass is 32.2. The summed E-state index contributed by atoms with van der Waals surface area (Å²) in [4.78, 5) is 8.60. The molecule has 1 fully saturated rings. The van der Waals surface area contributed by atoms with Crippen molar-refractivity contribution in [3.63, 3.8) is 0 Å². The normalized spacial score (nSPS) is 22.4. The third-order valence-corrected chi connectivity index (χ3v) is 4.85. The average Bonchev–Trinajstić information content (AvgIpc) is 2.48.